The van der Waals surface area contributed by atoms with Crippen LogP contribution in [0.1, 0.15) is 12.5 Å². The summed E-state index contributed by atoms with van der Waals surface area (Å²) >= 11 is 0. The highest BCUT2D eigenvalue weighted by molar-refractivity contribution is 5.77. The van der Waals surface area contributed by atoms with E-state index < -0.39 is 0 Å². The molecule has 0 radical (unpaired) electrons. The summed E-state index contributed by atoms with van der Waals surface area (Å²) in [4.78, 5) is 14.4. The highest BCUT2D eigenvalue weighted by Crippen LogP contribution is 2.30. The Bertz CT molecular complexity index is 1200. The molecule has 0 bridgehead atoms. The van der Waals surface area contributed by atoms with Gasteiger partial charge in [-0.3, -0.25) is 0 Å². The monoisotopic (exact) mass is 401 g/mol. The molecule has 0 saturated heterocycles. The van der Waals surface area contributed by atoms with Crippen LogP contribution in [0.4, 0.5) is 0 Å². The van der Waals surface area contributed by atoms with Crippen LogP contribution in [0.15, 0.2) is 103 Å². The van der Waals surface area contributed by atoms with E-state index in [4.69, 9.17) is 15.0 Å². The maximum absolute atomic E-state index is 4.83. The van der Waals surface area contributed by atoms with Crippen LogP contribution >= 0.6 is 0 Å². The Labute approximate surface area is 182 Å². The van der Waals surface area contributed by atoms with E-state index in [1.165, 1.54) is 5.57 Å². The standard InChI is InChI=1S/C27H21N4/c1-19-24(16-9-17-28-19)22-14-8-15-23(18-22)27-30-25(20-10-4-2-5-11-20)29-26(31-27)21-12-6-3-7-13-21/h2-19H,1H3/q-1. The second-order valence-corrected chi connectivity index (χ2v) is 7.41. The molecule has 4 nitrogen and oxygen atoms in total. The summed E-state index contributed by atoms with van der Waals surface area (Å²) in [5, 5.41) is 4.51. The van der Waals surface area contributed by atoms with Crippen LogP contribution in [-0.4, -0.2) is 21.0 Å². The molecule has 1 unspecified atom stereocenters. The van der Waals surface area contributed by atoms with Crippen molar-refractivity contribution < 1.29 is 0 Å². The highest BCUT2D eigenvalue weighted by Gasteiger charge is 2.13. The van der Waals surface area contributed by atoms with Gasteiger partial charge in [0.15, 0.2) is 17.5 Å². The third-order valence-corrected chi connectivity index (χ3v) is 5.28. The third-order valence-electron chi connectivity index (χ3n) is 5.28. The molecule has 0 fully saturated rings. The average Bonchev–Trinajstić information content (AvgIpc) is 2.85. The fourth-order valence-corrected chi connectivity index (χ4v) is 3.66. The first kappa shape index (κ1) is 18.9. The second kappa shape index (κ2) is 8.36. The Morgan fingerprint density at radius 3 is 1.71 bits per heavy atom. The zero-order valence-corrected chi connectivity index (χ0v) is 17.2. The normalized spacial score (nSPS) is 15.3. The third kappa shape index (κ3) is 4.01. The molecule has 0 spiro atoms. The molecule has 1 aliphatic rings. The van der Waals surface area contributed by atoms with E-state index in [2.05, 4.69) is 30.4 Å². The molecular formula is C27H21N4-. The predicted octanol–water partition coefficient (Wildman–Crippen LogP) is 6.55. The Balaban J connectivity index is 1.65. The number of hydrogen-bond acceptors (Lipinski definition) is 3. The molecule has 5 rings (SSSR count). The fraction of sp³-hybridized carbons (Fsp3) is 0.0741. The summed E-state index contributed by atoms with van der Waals surface area (Å²) in [6, 6.07) is 28.5. The molecule has 2 heterocycles. The molecule has 3 aromatic carbocycles. The van der Waals surface area contributed by atoms with Crippen molar-refractivity contribution in [3.05, 3.63) is 114 Å². The number of allylic oxidation sites excluding steroid dienone is 2. The lowest BCUT2D eigenvalue weighted by Crippen LogP contribution is -2.05. The average molecular weight is 401 g/mol. The molecule has 0 N–H and O–H groups in total. The smallest absolute Gasteiger partial charge is 0.164 e. The molecule has 1 atom stereocenters. The largest absolute Gasteiger partial charge is 0.684 e. The van der Waals surface area contributed by atoms with Crippen LogP contribution in [0.2, 0.25) is 0 Å². The van der Waals surface area contributed by atoms with Gasteiger partial charge in [0.2, 0.25) is 0 Å². The van der Waals surface area contributed by atoms with Gasteiger partial charge in [-0.1, -0.05) is 110 Å². The SMILES string of the molecule is CC1[N-]C=CC=C1c1cccc(-c2nc(-c3ccccc3)nc(-c3ccccc3)n2)c1. The molecule has 0 saturated carbocycles. The fourth-order valence-electron chi connectivity index (χ4n) is 3.66. The van der Waals surface area contributed by atoms with Gasteiger partial charge in [0.05, 0.1) is 0 Å². The quantitative estimate of drug-likeness (QED) is 0.390. The lowest BCUT2D eigenvalue weighted by molar-refractivity contribution is 1.06. The van der Waals surface area contributed by atoms with Crippen molar-refractivity contribution in [3.63, 3.8) is 0 Å². The zero-order valence-electron chi connectivity index (χ0n) is 17.2. The first-order valence-corrected chi connectivity index (χ1v) is 10.3. The minimum Gasteiger partial charge on any atom is -0.684 e. The molecule has 0 aliphatic carbocycles. The van der Waals surface area contributed by atoms with E-state index in [-0.39, 0.29) is 6.04 Å². The second-order valence-electron chi connectivity index (χ2n) is 7.41. The van der Waals surface area contributed by atoms with E-state index >= 15 is 0 Å². The number of benzene rings is 3. The van der Waals surface area contributed by atoms with Gasteiger partial charge in [-0.2, -0.15) is 6.20 Å². The van der Waals surface area contributed by atoms with Crippen molar-refractivity contribution in [3.8, 4) is 34.2 Å². The molecule has 4 aromatic rings. The van der Waals surface area contributed by atoms with Gasteiger partial charge in [0, 0.05) is 16.7 Å². The Morgan fingerprint density at radius 1 is 0.613 bits per heavy atom. The minimum atomic E-state index is 0.123. The molecule has 4 heteroatoms. The van der Waals surface area contributed by atoms with Gasteiger partial charge in [0.1, 0.15) is 0 Å². The molecule has 1 aromatic heterocycles. The van der Waals surface area contributed by atoms with Crippen LogP contribution < -0.4 is 0 Å². The van der Waals surface area contributed by atoms with Gasteiger partial charge in [-0.15, -0.1) is 0 Å². The molecule has 31 heavy (non-hydrogen) atoms. The van der Waals surface area contributed by atoms with Crippen molar-refractivity contribution in [2.24, 2.45) is 0 Å². The summed E-state index contributed by atoms with van der Waals surface area (Å²) in [5.74, 6) is 1.99. The summed E-state index contributed by atoms with van der Waals surface area (Å²) in [5.41, 5.74) is 5.20. The maximum Gasteiger partial charge on any atom is 0.164 e. The summed E-state index contributed by atoms with van der Waals surface area (Å²) < 4.78 is 0. The van der Waals surface area contributed by atoms with E-state index in [0.717, 1.165) is 22.3 Å². The molecule has 0 amide bonds. The first-order valence-electron chi connectivity index (χ1n) is 10.3. The highest BCUT2D eigenvalue weighted by atomic mass is 15.0. The Kier molecular flexibility index (Phi) is 5.11. The van der Waals surface area contributed by atoms with E-state index in [1.807, 2.05) is 85.1 Å². The van der Waals surface area contributed by atoms with Gasteiger partial charge in [-0.25, -0.2) is 15.0 Å². The van der Waals surface area contributed by atoms with Crippen LogP contribution in [0, 0.1) is 0 Å². The number of nitrogens with zero attached hydrogens (tertiary/aromatic N) is 4. The lowest BCUT2D eigenvalue weighted by Gasteiger charge is -2.31. The van der Waals surface area contributed by atoms with E-state index in [0.29, 0.717) is 17.5 Å². The number of hydrogen-bond donors (Lipinski definition) is 0. The van der Waals surface area contributed by atoms with Crippen LogP contribution in [-0.2, 0) is 0 Å². The topological polar surface area (TPSA) is 52.8 Å². The summed E-state index contributed by atoms with van der Waals surface area (Å²) in [6.45, 7) is 2.10. The predicted molar refractivity (Wildman–Crippen MR) is 126 cm³/mol. The molecular weight excluding hydrogens is 380 g/mol. The molecule has 1 aliphatic heterocycles. The van der Waals surface area contributed by atoms with Crippen molar-refractivity contribution in [2.75, 3.05) is 0 Å². The van der Waals surface area contributed by atoms with Gasteiger partial charge >= 0.3 is 0 Å². The van der Waals surface area contributed by atoms with Crippen molar-refractivity contribution >= 4 is 5.57 Å². The van der Waals surface area contributed by atoms with Crippen molar-refractivity contribution in [1.82, 2.24) is 15.0 Å². The Hall–Kier alpha value is -4.05. The van der Waals surface area contributed by atoms with Crippen molar-refractivity contribution in [1.29, 1.82) is 0 Å². The van der Waals surface area contributed by atoms with E-state index in [9.17, 15) is 0 Å². The maximum atomic E-state index is 4.83. The first-order chi connectivity index (χ1) is 15.3. The van der Waals surface area contributed by atoms with Gasteiger partial charge < -0.3 is 5.32 Å². The zero-order chi connectivity index (χ0) is 21.0. The number of aromatic nitrogens is 3. The summed E-state index contributed by atoms with van der Waals surface area (Å²) in [6.07, 6.45) is 5.95. The minimum absolute atomic E-state index is 0.123. The van der Waals surface area contributed by atoms with Gasteiger partial charge in [0.25, 0.3) is 0 Å². The Morgan fingerprint density at radius 2 is 1.13 bits per heavy atom. The molecule has 150 valence electrons. The lowest BCUT2D eigenvalue weighted by atomic mass is 9.96. The van der Waals surface area contributed by atoms with Gasteiger partial charge in [-0.05, 0) is 11.6 Å². The number of rotatable bonds is 4. The van der Waals surface area contributed by atoms with Crippen LogP contribution in [0.3, 0.4) is 0 Å². The van der Waals surface area contributed by atoms with E-state index in [1.54, 1.807) is 0 Å². The van der Waals surface area contributed by atoms with Crippen molar-refractivity contribution in [2.45, 2.75) is 13.0 Å². The summed E-state index contributed by atoms with van der Waals surface area (Å²) in [7, 11) is 0. The van der Waals surface area contributed by atoms with Crippen LogP contribution in [0.5, 0.6) is 0 Å². The van der Waals surface area contributed by atoms with Crippen LogP contribution in [0.25, 0.3) is 45.1 Å².